The summed E-state index contributed by atoms with van der Waals surface area (Å²) in [5, 5.41) is 0. The maximum atomic E-state index is 5.79. The monoisotopic (exact) mass is 128 g/mol. The van der Waals surface area contributed by atoms with Crippen LogP contribution in [0.3, 0.4) is 0 Å². The van der Waals surface area contributed by atoms with Crippen LogP contribution >= 0.6 is 0 Å². The maximum absolute atomic E-state index is 5.79. The van der Waals surface area contributed by atoms with Gasteiger partial charge < -0.3 is 11.5 Å². The van der Waals surface area contributed by atoms with Gasteiger partial charge >= 0.3 is 0 Å². The molecule has 0 radical (unpaired) electrons. The Morgan fingerprint density at radius 3 is 2.33 bits per heavy atom. The van der Waals surface area contributed by atoms with Gasteiger partial charge in [-0.3, -0.25) is 0 Å². The smallest absolute Gasteiger partial charge is 0.00792 e. The van der Waals surface area contributed by atoms with Gasteiger partial charge in [-0.15, -0.1) is 0 Å². The molecule has 1 aliphatic carbocycles. The fourth-order valence-corrected chi connectivity index (χ4v) is 1.39. The first-order chi connectivity index (χ1) is 4.20. The Hall–Kier alpha value is -0.0800. The molecule has 1 fully saturated rings. The normalized spacial score (nSPS) is 45.0. The molecule has 0 unspecified atom stereocenters. The Bertz CT molecular complexity index is 92.9. The molecule has 3 atom stereocenters. The van der Waals surface area contributed by atoms with Crippen molar-refractivity contribution in [3.05, 3.63) is 0 Å². The second-order valence-electron chi connectivity index (χ2n) is 3.21. The van der Waals surface area contributed by atoms with Crippen LogP contribution in [0.1, 0.15) is 26.2 Å². The summed E-state index contributed by atoms with van der Waals surface area (Å²) >= 11 is 0. The third-order valence-electron chi connectivity index (χ3n) is 2.30. The highest BCUT2D eigenvalue weighted by Crippen LogP contribution is 2.20. The third kappa shape index (κ3) is 1.66. The highest BCUT2D eigenvalue weighted by Gasteiger charge is 2.21. The van der Waals surface area contributed by atoms with Crippen molar-refractivity contribution in [3.63, 3.8) is 0 Å². The summed E-state index contributed by atoms with van der Waals surface area (Å²) < 4.78 is 0. The van der Waals surface area contributed by atoms with Gasteiger partial charge in [0, 0.05) is 12.1 Å². The molecule has 0 amide bonds. The van der Waals surface area contributed by atoms with Crippen LogP contribution in [0.25, 0.3) is 0 Å². The van der Waals surface area contributed by atoms with Gasteiger partial charge in [-0.25, -0.2) is 0 Å². The van der Waals surface area contributed by atoms with E-state index in [9.17, 15) is 0 Å². The molecule has 2 nitrogen and oxygen atoms in total. The quantitative estimate of drug-likeness (QED) is 0.498. The Morgan fingerprint density at radius 2 is 1.89 bits per heavy atom. The van der Waals surface area contributed by atoms with Gasteiger partial charge in [0.15, 0.2) is 0 Å². The van der Waals surface area contributed by atoms with Gasteiger partial charge in [0.1, 0.15) is 0 Å². The molecule has 4 N–H and O–H groups in total. The molecule has 0 aromatic carbocycles. The van der Waals surface area contributed by atoms with Gasteiger partial charge in [-0.05, 0) is 25.2 Å². The number of hydrogen-bond acceptors (Lipinski definition) is 2. The minimum atomic E-state index is 0.355. The topological polar surface area (TPSA) is 52.0 Å². The minimum Gasteiger partial charge on any atom is -0.328 e. The summed E-state index contributed by atoms with van der Waals surface area (Å²) in [4.78, 5) is 0. The van der Waals surface area contributed by atoms with E-state index in [1.807, 2.05) is 0 Å². The number of nitrogens with two attached hydrogens (primary N) is 2. The summed E-state index contributed by atoms with van der Waals surface area (Å²) in [6.07, 6.45) is 3.39. The number of hydrogen-bond donors (Lipinski definition) is 2. The fraction of sp³-hybridized carbons (Fsp3) is 1.00. The molecule has 54 valence electrons. The van der Waals surface area contributed by atoms with Crippen molar-refractivity contribution >= 4 is 0 Å². The van der Waals surface area contributed by atoms with Gasteiger partial charge in [0.2, 0.25) is 0 Å². The molecule has 1 aliphatic rings. The van der Waals surface area contributed by atoms with Crippen molar-refractivity contribution in [3.8, 4) is 0 Å². The molecular weight excluding hydrogens is 112 g/mol. The molecule has 0 spiro atoms. The van der Waals surface area contributed by atoms with E-state index in [0.29, 0.717) is 18.0 Å². The molecule has 1 saturated carbocycles. The molecule has 0 aromatic heterocycles. The van der Waals surface area contributed by atoms with E-state index in [0.717, 1.165) is 12.8 Å². The molecular formula is C7H16N2. The Balaban J connectivity index is 2.35. The highest BCUT2D eigenvalue weighted by molar-refractivity contribution is 4.81. The van der Waals surface area contributed by atoms with E-state index >= 15 is 0 Å². The van der Waals surface area contributed by atoms with Crippen LogP contribution in [0.2, 0.25) is 0 Å². The molecule has 0 bridgehead atoms. The Kier molecular flexibility index (Phi) is 2.09. The van der Waals surface area contributed by atoms with Gasteiger partial charge in [-0.2, -0.15) is 0 Å². The molecule has 0 aromatic rings. The van der Waals surface area contributed by atoms with Crippen LogP contribution in [-0.2, 0) is 0 Å². The summed E-state index contributed by atoms with van der Waals surface area (Å²) in [6.45, 7) is 2.20. The standard InChI is InChI=1S/C7H16N2/c1-5-2-3-6(8)4-7(5)9/h5-7H,2-4,8-9H2,1H3/t5-,6+,7-/m0/s1. The lowest BCUT2D eigenvalue weighted by atomic mass is 9.84. The lowest BCUT2D eigenvalue weighted by Crippen LogP contribution is -2.40. The van der Waals surface area contributed by atoms with Gasteiger partial charge in [-0.1, -0.05) is 6.92 Å². The second kappa shape index (κ2) is 2.67. The third-order valence-corrected chi connectivity index (χ3v) is 2.30. The van der Waals surface area contributed by atoms with E-state index in [1.165, 1.54) is 6.42 Å². The van der Waals surface area contributed by atoms with Crippen molar-refractivity contribution in [2.24, 2.45) is 17.4 Å². The highest BCUT2D eigenvalue weighted by atomic mass is 14.7. The molecule has 0 aliphatic heterocycles. The predicted molar refractivity (Wildman–Crippen MR) is 39.0 cm³/mol. The van der Waals surface area contributed by atoms with Crippen LogP contribution in [0.4, 0.5) is 0 Å². The van der Waals surface area contributed by atoms with E-state index in [2.05, 4.69) is 6.92 Å². The average Bonchev–Trinajstić information content (AvgIpc) is 1.80. The summed E-state index contributed by atoms with van der Waals surface area (Å²) in [7, 11) is 0. The zero-order valence-electron chi connectivity index (χ0n) is 6.01. The summed E-state index contributed by atoms with van der Waals surface area (Å²) in [6, 6.07) is 0.727. The van der Waals surface area contributed by atoms with E-state index in [1.54, 1.807) is 0 Å². The predicted octanol–water partition coefficient (Wildman–Crippen LogP) is 0.461. The molecule has 0 saturated heterocycles. The Morgan fingerprint density at radius 1 is 1.22 bits per heavy atom. The number of rotatable bonds is 0. The molecule has 0 heterocycles. The van der Waals surface area contributed by atoms with Crippen LogP contribution in [0.5, 0.6) is 0 Å². The minimum absolute atomic E-state index is 0.355. The molecule has 1 rings (SSSR count). The van der Waals surface area contributed by atoms with Crippen LogP contribution in [0, 0.1) is 5.92 Å². The second-order valence-corrected chi connectivity index (χ2v) is 3.21. The maximum Gasteiger partial charge on any atom is 0.00792 e. The van der Waals surface area contributed by atoms with Crippen LogP contribution in [0.15, 0.2) is 0 Å². The largest absolute Gasteiger partial charge is 0.328 e. The first kappa shape index (κ1) is 7.03. The Labute approximate surface area is 56.6 Å². The summed E-state index contributed by atoms with van der Waals surface area (Å²) in [5.41, 5.74) is 11.5. The van der Waals surface area contributed by atoms with Gasteiger partial charge in [0.05, 0.1) is 0 Å². The lowest BCUT2D eigenvalue weighted by Gasteiger charge is -2.29. The zero-order valence-corrected chi connectivity index (χ0v) is 6.01. The van der Waals surface area contributed by atoms with E-state index in [-0.39, 0.29) is 0 Å². The first-order valence-corrected chi connectivity index (χ1v) is 3.71. The van der Waals surface area contributed by atoms with Crippen LogP contribution < -0.4 is 11.5 Å². The van der Waals surface area contributed by atoms with Crippen LogP contribution in [-0.4, -0.2) is 12.1 Å². The molecule has 2 heteroatoms. The average molecular weight is 128 g/mol. The van der Waals surface area contributed by atoms with E-state index < -0.39 is 0 Å². The lowest BCUT2D eigenvalue weighted by molar-refractivity contribution is 0.301. The van der Waals surface area contributed by atoms with Crippen molar-refractivity contribution in [1.29, 1.82) is 0 Å². The van der Waals surface area contributed by atoms with Gasteiger partial charge in [0.25, 0.3) is 0 Å². The summed E-state index contributed by atoms with van der Waals surface area (Å²) in [5.74, 6) is 0.685. The van der Waals surface area contributed by atoms with Crippen molar-refractivity contribution in [2.75, 3.05) is 0 Å². The van der Waals surface area contributed by atoms with Crippen molar-refractivity contribution in [1.82, 2.24) is 0 Å². The van der Waals surface area contributed by atoms with Crippen molar-refractivity contribution < 1.29 is 0 Å². The fourth-order valence-electron chi connectivity index (χ4n) is 1.39. The SMILES string of the molecule is C[C@H]1CC[C@@H](N)C[C@@H]1N. The zero-order chi connectivity index (χ0) is 6.85. The first-order valence-electron chi connectivity index (χ1n) is 3.71. The van der Waals surface area contributed by atoms with E-state index in [4.69, 9.17) is 11.5 Å². The van der Waals surface area contributed by atoms with Crippen molar-refractivity contribution in [2.45, 2.75) is 38.3 Å². The molecule has 9 heavy (non-hydrogen) atoms.